The second-order valence-electron chi connectivity index (χ2n) is 3.89. The normalized spacial score (nSPS) is 11.4. The zero-order valence-electron chi connectivity index (χ0n) is 10.2. The molecular weight excluding hydrogens is 264 g/mol. The Bertz CT molecular complexity index is 644. The van der Waals surface area contributed by atoms with Gasteiger partial charge in [-0.1, -0.05) is 0 Å². The number of nitrogens with two attached hydrogens (primary N) is 1. The second kappa shape index (κ2) is 5.77. The third kappa shape index (κ3) is 3.49. The van der Waals surface area contributed by atoms with Crippen LogP contribution in [0.2, 0.25) is 0 Å². The number of hydrogen-bond acceptors (Lipinski definition) is 5. The highest BCUT2D eigenvalue weighted by molar-refractivity contribution is 7.89. The minimum Gasteiger partial charge on any atom is -0.383 e. The van der Waals surface area contributed by atoms with Gasteiger partial charge in [0.15, 0.2) is 0 Å². The van der Waals surface area contributed by atoms with Gasteiger partial charge in [0.05, 0.1) is 0 Å². The Kier molecular flexibility index (Phi) is 4.08. The molecule has 0 amide bonds. The van der Waals surface area contributed by atoms with Crippen LogP contribution in [0.1, 0.15) is 5.56 Å². The van der Waals surface area contributed by atoms with Crippen molar-refractivity contribution in [3.63, 3.8) is 0 Å². The summed E-state index contributed by atoms with van der Waals surface area (Å²) < 4.78 is 26.5. The molecular formula is C12H14N4O2S. The van der Waals surface area contributed by atoms with Crippen molar-refractivity contribution in [2.24, 2.45) is 0 Å². The first-order chi connectivity index (χ1) is 9.09. The maximum Gasteiger partial charge on any atom is 0.244 e. The number of nitrogens with zero attached hydrogens (tertiary/aromatic N) is 2. The van der Waals surface area contributed by atoms with Crippen molar-refractivity contribution in [3.8, 4) is 0 Å². The van der Waals surface area contributed by atoms with Crippen molar-refractivity contribution in [3.05, 3.63) is 48.4 Å². The number of sulfonamides is 1. The maximum absolute atomic E-state index is 12.0. The summed E-state index contributed by atoms with van der Waals surface area (Å²) in [5.74, 6) is -0.00101. The average Bonchev–Trinajstić information content (AvgIpc) is 2.40. The topological polar surface area (TPSA) is 98.0 Å². The fourth-order valence-corrected chi connectivity index (χ4v) is 2.70. The third-order valence-electron chi connectivity index (χ3n) is 2.54. The Morgan fingerprint density at radius 2 is 1.89 bits per heavy atom. The van der Waals surface area contributed by atoms with Crippen LogP contribution in [0.4, 0.5) is 5.82 Å². The van der Waals surface area contributed by atoms with Gasteiger partial charge in [0, 0.05) is 25.1 Å². The molecule has 0 spiro atoms. The van der Waals surface area contributed by atoms with Crippen LogP contribution in [-0.2, 0) is 16.4 Å². The Labute approximate surface area is 111 Å². The number of hydrogen-bond donors (Lipinski definition) is 2. The average molecular weight is 278 g/mol. The summed E-state index contributed by atoms with van der Waals surface area (Å²) in [6, 6.07) is 6.64. The molecule has 100 valence electrons. The predicted octanol–water partition coefficient (Wildman–Crippen LogP) is 0.580. The number of aromatic nitrogens is 2. The first-order valence-electron chi connectivity index (χ1n) is 5.68. The van der Waals surface area contributed by atoms with E-state index in [1.54, 1.807) is 12.4 Å². The standard InChI is InChI=1S/C12H14N4O2S/c13-12-11(2-1-6-15-12)19(17,18)16-9-5-10-3-7-14-8-4-10/h1-4,6-8,16H,5,9H2,(H2,13,15). The highest BCUT2D eigenvalue weighted by Crippen LogP contribution is 2.13. The number of rotatable bonds is 5. The van der Waals surface area contributed by atoms with Gasteiger partial charge in [-0.05, 0) is 36.2 Å². The van der Waals surface area contributed by atoms with Crippen molar-refractivity contribution in [1.82, 2.24) is 14.7 Å². The molecule has 0 fully saturated rings. The van der Waals surface area contributed by atoms with Crippen LogP contribution in [0.5, 0.6) is 0 Å². The van der Waals surface area contributed by atoms with Gasteiger partial charge in [0.1, 0.15) is 10.7 Å². The van der Waals surface area contributed by atoms with E-state index in [2.05, 4.69) is 14.7 Å². The van der Waals surface area contributed by atoms with Gasteiger partial charge in [0.2, 0.25) is 10.0 Å². The lowest BCUT2D eigenvalue weighted by atomic mass is 10.2. The quantitative estimate of drug-likeness (QED) is 0.833. The monoisotopic (exact) mass is 278 g/mol. The fraction of sp³-hybridized carbons (Fsp3) is 0.167. The largest absolute Gasteiger partial charge is 0.383 e. The molecule has 3 N–H and O–H groups in total. The molecule has 6 nitrogen and oxygen atoms in total. The predicted molar refractivity (Wildman–Crippen MR) is 71.8 cm³/mol. The molecule has 2 aromatic rings. The molecule has 0 aromatic carbocycles. The molecule has 2 rings (SSSR count). The fourth-order valence-electron chi connectivity index (χ4n) is 1.59. The zero-order valence-corrected chi connectivity index (χ0v) is 11.0. The lowest BCUT2D eigenvalue weighted by molar-refractivity contribution is 0.581. The molecule has 19 heavy (non-hydrogen) atoms. The summed E-state index contributed by atoms with van der Waals surface area (Å²) in [7, 11) is -3.61. The minimum atomic E-state index is -3.61. The summed E-state index contributed by atoms with van der Waals surface area (Å²) in [5.41, 5.74) is 6.56. The van der Waals surface area contributed by atoms with Crippen LogP contribution < -0.4 is 10.5 Å². The van der Waals surface area contributed by atoms with Gasteiger partial charge in [-0.2, -0.15) is 0 Å². The van der Waals surface area contributed by atoms with Crippen LogP contribution in [0, 0.1) is 0 Å². The van der Waals surface area contributed by atoms with E-state index in [4.69, 9.17) is 5.73 Å². The van der Waals surface area contributed by atoms with E-state index >= 15 is 0 Å². The zero-order chi connectivity index (χ0) is 13.7. The number of pyridine rings is 2. The molecule has 0 aliphatic heterocycles. The number of anilines is 1. The van der Waals surface area contributed by atoms with Crippen molar-refractivity contribution in [2.45, 2.75) is 11.3 Å². The van der Waals surface area contributed by atoms with Crippen LogP contribution in [0.15, 0.2) is 47.8 Å². The van der Waals surface area contributed by atoms with Crippen LogP contribution >= 0.6 is 0 Å². The molecule has 0 saturated heterocycles. The molecule has 0 aliphatic rings. The minimum absolute atomic E-state index is 0.00101. The van der Waals surface area contributed by atoms with Crippen molar-refractivity contribution < 1.29 is 8.42 Å². The highest BCUT2D eigenvalue weighted by atomic mass is 32.2. The molecule has 2 heterocycles. The van der Waals surface area contributed by atoms with Crippen LogP contribution in [0.25, 0.3) is 0 Å². The lowest BCUT2D eigenvalue weighted by Crippen LogP contribution is -2.27. The third-order valence-corrected chi connectivity index (χ3v) is 4.05. The van der Waals surface area contributed by atoms with E-state index < -0.39 is 10.0 Å². The lowest BCUT2D eigenvalue weighted by Gasteiger charge is -2.08. The van der Waals surface area contributed by atoms with Crippen molar-refractivity contribution in [2.75, 3.05) is 12.3 Å². The molecule has 7 heteroatoms. The van der Waals surface area contributed by atoms with E-state index in [9.17, 15) is 8.42 Å². The van der Waals surface area contributed by atoms with Gasteiger partial charge in [-0.3, -0.25) is 4.98 Å². The Morgan fingerprint density at radius 3 is 2.58 bits per heavy atom. The van der Waals surface area contributed by atoms with Gasteiger partial charge in [-0.15, -0.1) is 0 Å². The van der Waals surface area contributed by atoms with E-state index in [1.807, 2.05) is 12.1 Å². The summed E-state index contributed by atoms with van der Waals surface area (Å²) in [4.78, 5) is 7.66. The summed E-state index contributed by atoms with van der Waals surface area (Å²) >= 11 is 0. The SMILES string of the molecule is Nc1ncccc1S(=O)(=O)NCCc1ccncc1. The maximum atomic E-state index is 12.0. The summed E-state index contributed by atoms with van der Waals surface area (Å²) in [6.07, 6.45) is 5.37. The number of nitrogens with one attached hydrogen (secondary N) is 1. The Morgan fingerprint density at radius 1 is 1.16 bits per heavy atom. The van der Waals surface area contributed by atoms with Crippen molar-refractivity contribution in [1.29, 1.82) is 0 Å². The molecule has 0 bridgehead atoms. The van der Waals surface area contributed by atoms with E-state index in [-0.39, 0.29) is 10.7 Å². The van der Waals surface area contributed by atoms with Gasteiger partial charge < -0.3 is 5.73 Å². The summed E-state index contributed by atoms with van der Waals surface area (Å²) in [5, 5.41) is 0. The van der Waals surface area contributed by atoms with Gasteiger partial charge in [-0.25, -0.2) is 18.1 Å². The Hall–Kier alpha value is -1.99. The molecule has 0 saturated carbocycles. The van der Waals surface area contributed by atoms with Crippen LogP contribution in [0.3, 0.4) is 0 Å². The molecule has 0 unspecified atom stereocenters. The van der Waals surface area contributed by atoms with E-state index in [1.165, 1.54) is 18.3 Å². The first kappa shape index (κ1) is 13.4. The van der Waals surface area contributed by atoms with E-state index in [0.29, 0.717) is 13.0 Å². The highest BCUT2D eigenvalue weighted by Gasteiger charge is 2.16. The summed E-state index contributed by atoms with van der Waals surface area (Å²) in [6.45, 7) is 0.292. The number of nitrogen functional groups attached to an aromatic ring is 1. The first-order valence-corrected chi connectivity index (χ1v) is 7.17. The van der Waals surface area contributed by atoms with Crippen molar-refractivity contribution >= 4 is 15.8 Å². The molecule has 0 radical (unpaired) electrons. The van der Waals surface area contributed by atoms with Gasteiger partial charge >= 0.3 is 0 Å². The molecule has 2 aromatic heterocycles. The smallest absolute Gasteiger partial charge is 0.244 e. The van der Waals surface area contributed by atoms with Gasteiger partial charge in [0.25, 0.3) is 0 Å². The van der Waals surface area contributed by atoms with Crippen LogP contribution in [-0.4, -0.2) is 24.9 Å². The second-order valence-corrected chi connectivity index (χ2v) is 5.63. The molecule has 0 atom stereocenters. The molecule has 0 aliphatic carbocycles. The van der Waals surface area contributed by atoms with E-state index in [0.717, 1.165) is 5.56 Å². The Balaban J connectivity index is 2.01.